The molecule has 44 heavy (non-hydrogen) atoms. The van der Waals surface area contributed by atoms with Crippen molar-refractivity contribution >= 4 is 22.7 Å². The van der Waals surface area contributed by atoms with Crippen LogP contribution in [0.1, 0.15) is 60.4 Å². The Morgan fingerprint density at radius 1 is 1.07 bits per heavy atom. The van der Waals surface area contributed by atoms with Gasteiger partial charge in [0.2, 0.25) is 5.91 Å². The van der Waals surface area contributed by atoms with E-state index < -0.39 is 41.3 Å². The number of aliphatic hydroxyl groups is 1. The first-order valence-corrected chi connectivity index (χ1v) is 14.0. The third-order valence-electron chi connectivity index (χ3n) is 7.45. The lowest BCUT2D eigenvalue weighted by Crippen LogP contribution is -2.51. The van der Waals surface area contributed by atoms with Gasteiger partial charge in [-0.05, 0) is 75.7 Å². The molecule has 1 unspecified atom stereocenters. The van der Waals surface area contributed by atoms with E-state index in [0.717, 1.165) is 0 Å². The SMILES string of the molecule is COc1cc(C(=O)NC2OC[C@H](NC(C)=O)C[C@@H]2c2cc(C(C)(C)O)c(F)c(-c3ccc(F)cc3)n2)cc2cc(C)nnc12. The minimum Gasteiger partial charge on any atom is -0.494 e. The van der Waals surface area contributed by atoms with E-state index in [-0.39, 0.29) is 35.8 Å². The van der Waals surface area contributed by atoms with Gasteiger partial charge in [-0.2, -0.15) is 5.10 Å². The fourth-order valence-corrected chi connectivity index (χ4v) is 5.35. The molecule has 3 atom stereocenters. The summed E-state index contributed by atoms with van der Waals surface area (Å²) in [5.41, 5.74) is 0.320. The number of nitrogens with one attached hydrogen (secondary N) is 2. The molecule has 0 spiro atoms. The largest absolute Gasteiger partial charge is 0.494 e. The summed E-state index contributed by atoms with van der Waals surface area (Å²) in [4.78, 5) is 30.1. The molecule has 2 aromatic heterocycles. The summed E-state index contributed by atoms with van der Waals surface area (Å²) in [6.45, 7) is 6.16. The van der Waals surface area contributed by atoms with Gasteiger partial charge in [0.1, 0.15) is 29.0 Å². The van der Waals surface area contributed by atoms with Crippen molar-refractivity contribution in [1.29, 1.82) is 0 Å². The molecule has 5 rings (SSSR count). The monoisotopic (exact) mass is 605 g/mol. The predicted molar refractivity (Wildman–Crippen MR) is 158 cm³/mol. The second-order valence-electron chi connectivity index (χ2n) is 11.4. The Labute approximate surface area is 252 Å². The lowest BCUT2D eigenvalue weighted by molar-refractivity contribution is -0.121. The van der Waals surface area contributed by atoms with E-state index in [0.29, 0.717) is 33.6 Å². The minimum absolute atomic E-state index is 0.0377. The van der Waals surface area contributed by atoms with Crippen molar-refractivity contribution in [2.75, 3.05) is 13.7 Å². The number of carbonyl (C=O) groups is 2. The van der Waals surface area contributed by atoms with Crippen LogP contribution in [-0.2, 0) is 15.1 Å². The zero-order chi connectivity index (χ0) is 31.8. The highest BCUT2D eigenvalue weighted by Gasteiger charge is 2.37. The highest BCUT2D eigenvalue weighted by Crippen LogP contribution is 2.36. The van der Waals surface area contributed by atoms with Crippen LogP contribution in [0.2, 0.25) is 0 Å². The van der Waals surface area contributed by atoms with Gasteiger partial charge in [0, 0.05) is 40.6 Å². The number of aryl methyl sites for hydroxylation is 1. The molecule has 0 aliphatic carbocycles. The summed E-state index contributed by atoms with van der Waals surface area (Å²) in [7, 11) is 1.47. The highest BCUT2D eigenvalue weighted by atomic mass is 19.1. The molecule has 3 heterocycles. The van der Waals surface area contributed by atoms with E-state index in [4.69, 9.17) is 9.47 Å². The smallest absolute Gasteiger partial charge is 0.253 e. The number of benzene rings is 2. The summed E-state index contributed by atoms with van der Waals surface area (Å²) in [6.07, 6.45) is -0.659. The number of amides is 2. The van der Waals surface area contributed by atoms with E-state index in [1.54, 1.807) is 25.1 Å². The van der Waals surface area contributed by atoms with Gasteiger partial charge in [-0.15, -0.1) is 5.10 Å². The predicted octanol–water partition coefficient (Wildman–Crippen LogP) is 4.28. The molecule has 12 heteroatoms. The van der Waals surface area contributed by atoms with Crippen molar-refractivity contribution in [2.45, 2.75) is 57.9 Å². The number of hydrogen-bond donors (Lipinski definition) is 3. The summed E-state index contributed by atoms with van der Waals surface area (Å²) in [6, 6.07) is 11.2. The third-order valence-corrected chi connectivity index (χ3v) is 7.45. The zero-order valence-corrected chi connectivity index (χ0v) is 24.9. The molecule has 230 valence electrons. The normalized spacial score (nSPS) is 18.6. The van der Waals surface area contributed by atoms with Crippen LogP contribution in [-0.4, -0.2) is 58.1 Å². The Balaban J connectivity index is 1.57. The quantitative estimate of drug-likeness (QED) is 0.284. The van der Waals surface area contributed by atoms with Gasteiger partial charge in [-0.1, -0.05) is 0 Å². The third kappa shape index (κ3) is 6.51. The number of methoxy groups -OCH3 is 1. The average Bonchev–Trinajstić information content (AvgIpc) is 2.97. The number of nitrogens with zero attached hydrogens (tertiary/aromatic N) is 3. The van der Waals surface area contributed by atoms with Gasteiger partial charge < -0.3 is 25.2 Å². The van der Waals surface area contributed by atoms with E-state index in [9.17, 15) is 19.1 Å². The number of ether oxygens (including phenoxy) is 2. The van der Waals surface area contributed by atoms with Crippen molar-refractivity contribution in [3.05, 3.63) is 82.7 Å². The van der Waals surface area contributed by atoms with Crippen LogP contribution in [0.3, 0.4) is 0 Å². The number of hydrogen-bond acceptors (Lipinski definition) is 8. The molecule has 3 N–H and O–H groups in total. The first-order valence-electron chi connectivity index (χ1n) is 14.0. The van der Waals surface area contributed by atoms with Gasteiger partial charge in [0.15, 0.2) is 5.82 Å². The van der Waals surface area contributed by atoms with Crippen LogP contribution in [0, 0.1) is 18.6 Å². The van der Waals surface area contributed by atoms with E-state index in [1.807, 2.05) is 0 Å². The second kappa shape index (κ2) is 12.2. The van der Waals surface area contributed by atoms with Gasteiger partial charge in [-0.25, -0.2) is 13.8 Å². The Morgan fingerprint density at radius 2 is 1.80 bits per heavy atom. The van der Waals surface area contributed by atoms with E-state index >= 15 is 4.39 Å². The molecule has 2 aromatic carbocycles. The Morgan fingerprint density at radius 3 is 2.45 bits per heavy atom. The van der Waals surface area contributed by atoms with Gasteiger partial charge in [0.05, 0.1) is 31.1 Å². The number of carbonyl (C=O) groups excluding carboxylic acids is 2. The van der Waals surface area contributed by atoms with Crippen LogP contribution in [0.4, 0.5) is 8.78 Å². The topological polar surface area (TPSA) is 136 Å². The number of pyridine rings is 1. The van der Waals surface area contributed by atoms with Crippen molar-refractivity contribution < 1.29 is 33.0 Å². The maximum absolute atomic E-state index is 15.8. The van der Waals surface area contributed by atoms with Crippen molar-refractivity contribution in [2.24, 2.45) is 0 Å². The van der Waals surface area contributed by atoms with Crippen molar-refractivity contribution in [3.63, 3.8) is 0 Å². The summed E-state index contributed by atoms with van der Waals surface area (Å²) in [5.74, 6) is -2.31. The molecule has 1 aliphatic rings. The summed E-state index contributed by atoms with van der Waals surface area (Å²) >= 11 is 0. The number of aromatic nitrogens is 3. The number of rotatable bonds is 7. The van der Waals surface area contributed by atoms with E-state index in [1.165, 1.54) is 58.2 Å². The number of halogens is 2. The van der Waals surface area contributed by atoms with Crippen LogP contribution in [0.25, 0.3) is 22.2 Å². The number of fused-ring (bicyclic) bond motifs is 1. The lowest BCUT2D eigenvalue weighted by atomic mass is 9.87. The summed E-state index contributed by atoms with van der Waals surface area (Å²) in [5, 5.41) is 25.5. The molecule has 1 saturated heterocycles. The van der Waals surface area contributed by atoms with Gasteiger partial charge in [-0.3, -0.25) is 9.59 Å². The molecule has 0 saturated carbocycles. The van der Waals surface area contributed by atoms with Crippen LogP contribution < -0.4 is 15.4 Å². The minimum atomic E-state index is -1.61. The molecule has 0 radical (unpaired) electrons. The first kappa shape index (κ1) is 30.9. The molecule has 0 bridgehead atoms. The average molecular weight is 606 g/mol. The molecule has 10 nitrogen and oxygen atoms in total. The fraction of sp³-hybridized carbons (Fsp3) is 0.344. The Bertz CT molecular complexity index is 1730. The lowest BCUT2D eigenvalue weighted by Gasteiger charge is -2.37. The van der Waals surface area contributed by atoms with Crippen molar-refractivity contribution in [3.8, 4) is 17.0 Å². The highest BCUT2D eigenvalue weighted by molar-refractivity contribution is 6.00. The zero-order valence-electron chi connectivity index (χ0n) is 24.9. The molecule has 1 fully saturated rings. The molecular formula is C32H33F2N5O5. The van der Waals surface area contributed by atoms with Gasteiger partial charge >= 0.3 is 0 Å². The van der Waals surface area contributed by atoms with Crippen molar-refractivity contribution in [1.82, 2.24) is 25.8 Å². The molecular weight excluding hydrogens is 572 g/mol. The second-order valence-corrected chi connectivity index (χ2v) is 11.4. The van der Waals surface area contributed by atoms with Crippen LogP contribution in [0.5, 0.6) is 5.75 Å². The van der Waals surface area contributed by atoms with Gasteiger partial charge in [0.25, 0.3) is 5.91 Å². The standard InChI is InChI=1S/C32H33F2N5O5/c1-16-10-19-11-20(12-26(43-5)28(19)39-38-16)30(41)37-31-23(13-22(15-44-31)35-17(2)40)25-14-24(32(3,4)42)27(34)29(36-25)18-6-8-21(33)9-7-18/h6-12,14,22-23,31,42H,13,15H2,1-5H3,(H,35,40)(H,37,41)/t22-,23-,31?/m1/s1. The summed E-state index contributed by atoms with van der Waals surface area (Å²) < 4.78 is 41.1. The Kier molecular flexibility index (Phi) is 8.57. The molecule has 1 aliphatic heterocycles. The first-order chi connectivity index (χ1) is 20.8. The van der Waals surface area contributed by atoms with Crippen LogP contribution >= 0.6 is 0 Å². The maximum atomic E-state index is 15.8. The molecule has 4 aromatic rings. The maximum Gasteiger partial charge on any atom is 0.253 e. The fourth-order valence-electron chi connectivity index (χ4n) is 5.35. The Hall–Kier alpha value is -4.55. The van der Waals surface area contributed by atoms with E-state index in [2.05, 4.69) is 25.8 Å². The molecule has 2 amide bonds. The van der Waals surface area contributed by atoms with Crippen LogP contribution in [0.15, 0.2) is 48.5 Å².